The minimum Gasteiger partial charge on any atom is -0.316 e. The highest BCUT2D eigenvalue weighted by atomic mass is 32.2. The maximum Gasteiger partial charge on any atom is 0.416 e. The van der Waals surface area contributed by atoms with Crippen LogP contribution in [0.25, 0.3) is 11.0 Å². The van der Waals surface area contributed by atoms with Gasteiger partial charge in [-0.15, -0.1) is 0 Å². The van der Waals surface area contributed by atoms with Gasteiger partial charge >= 0.3 is 6.18 Å². The van der Waals surface area contributed by atoms with Crippen LogP contribution in [0.3, 0.4) is 0 Å². The Bertz CT molecular complexity index is 1750. The van der Waals surface area contributed by atoms with E-state index >= 15 is 0 Å². The van der Waals surface area contributed by atoms with Crippen LogP contribution in [0.5, 0.6) is 0 Å². The van der Waals surface area contributed by atoms with E-state index < -0.39 is 44.1 Å². The lowest BCUT2D eigenvalue weighted by molar-refractivity contribution is -0.137. The van der Waals surface area contributed by atoms with Gasteiger partial charge in [0.1, 0.15) is 5.82 Å². The van der Waals surface area contributed by atoms with E-state index in [0.29, 0.717) is 41.8 Å². The molecule has 0 saturated carbocycles. The van der Waals surface area contributed by atoms with Gasteiger partial charge in [0.2, 0.25) is 11.9 Å². The molecule has 0 unspecified atom stereocenters. The number of alkyl halides is 3. The SMILES string of the molecule is CCCn1c(NC(=O)c2ccc(F)c(NS(=O)(=O)c3cccc(C(F)(F)F)c3)c2)nc2cc(N(C)C(C)=O)ccc21. The maximum atomic E-state index is 14.6. The van der Waals surface area contributed by atoms with Crippen molar-refractivity contribution >= 4 is 50.2 Å². The Morgan fingerprint density at radius 2 is 1.78 bits per heavy atom. The average molecular weight is 592 g/mol. The number of halogens is 4. The minimum absolute atomic E-state index is 0.139. The number of amides is 2. The Morgan fingerprint density at radius 3 is 2.44 bits per heavy atom. The van der Waals surface area contributed by atoms with Crippen molar-refractivity contribution in [2.45, 2.75) is 37.9 Å². The second-order valence-corrected chi connectivity index (χ2v) is 10.8. The van der Waals surface area contributed by atoms with E-state index in [-0.39, 0.29) is 17.4 Å². The van der Waals surface area contributed by atoms with Gasteiger partial charge in [0, 0.05) is 31.8 Å². The number of nitrogens with one attached hydrogen (secondary N) is 2. The first-order chi connectivity index (χ1) is 19.2. The Morgan fingerprint density at radius 1 is 1.05 bits per heavy atom. The second kappa shape index (κ2) is 11.2. The van der Waals surface area contributed by atoms with Gasteiger partial charge in [-0.05, 0) is 61.0 Å². The summed E-state index contributed by atoms with van der Waals surface area (Å²) in [6, 6.07) is 11.1. The zero-order chi connectivity index (χ0) is 30.1. The molecule has 0 bridgehead atoms. The normalized spacial score (nSPS) is 11.9. The maximum absolute atomic E-state index is 14.6. The molecular formula is C27H25F4N5O4S. The monoisotopic (exact) mass is 591 g/mol. The van der Waals surface area contributed by atoms with Crippen LogP contribution in [0.2, 0.25) is 0 Å². The largest absolute Gasteiger partial charge is 0.416 e. The molecule has 0 aliphatic carbocycles. The molecule has 0 aliphatic heterocycles. The van der Waals surface area contributed by atoms with E-state index in [1.807, 2.05) is 11.6 Å². The van der Waals surface area contributed by atoms with E-state index in [0.717, 1.165) is 30.3 Å². The second-order valence-electron chi connectivity index (χ2n) is 9.12. The fourth-order valence-electron chi connectivity index (χ4n) is 4.02. The number of nitrogens with zero attached hydrogens (tertiary/aromatic N) is 3. The molecule has 0 spiro atoms. The van der Waals surface area contributed by atoms with Crippen LogP contribution in [0.4, 0.5) is 34.9 Å². The molecule has 1 heterocycles. The first-order valence-electron chi connectivity index (χ1n) is 12.3. The van der Waals surface area contributed by atoms with E-state index in [1.165, 1.54) is 11.8 Å². The highest BCUT2D eigenvalue weighted by Gasteiger charge is 2.32. The van der Waals surface area contributed by atoms with Crippen molar-refractivity contribution in [1.82, 2.24) is 9.55 Å². The summed E-state index contributed by atoms with van der Waals surface area (Å²) >= 11 is 0. The Kier molecular flexibility index (Phi) is 8.06. The molecule has 14 heteroatoms. The molecule has 0 atom stereocenters. The van der Waals surface area contributed by atoms with E-state index in [4.69, 9.17) is 0 Å². The molecular weight excluding hydrogens is 566 g/mol. The Hall–Kier alpha value is -4.46. The van der Waals surface area contributed by atoms with Crippen LogP contribution in [0.1, 0.15) is 36.2 Å². The number of rotatable bonds is 8. The molecule has 4 aromatic rings. The van der Waals surface area contributed by atoms with Gasteiger partial charge in [0.15, 0.2) is 0 Å². The first-order valence-corrected chi connectivity index (χ1v) is 13.7. The number of benzene rings is 3. The summed E-state index contributed by atoms with van der Waals surface area (Å²) in [5.41, 5.74) is -0.164. The van der Waals surface area contributed by atoms with Crippen LogP contribution in [-0.2, 0) is 27.5 Å². The quantitative estimate of drug-likeness (QED) is 0.258. The van der Waals surface area contributed by atoms with Gasteiger partial charge in [-0.2, -0.15) is 13.2 Å². The molecule has 41 heavy (non-hydrogen) atoms. The molecule has 0 aliphatic rings. The number of carbonyl (C=O) groups excluding carboxylic acids is 2. The fourth-order valence-corrected chi connectivity index (χ4v) is 5.12. The number of anilines is 3. The van der Waals surface area contributed by atoms with Gasteiger partial charge in [-0.1, -0.05) is 13.0 Å². The molecule has 9 nitrogen and oxygen atoms in total. The molecule has 4 rings (SSSR count). The Labute approximate surface area is 232 Å². The van der Waals surface area contributed by atoms with Crippen LogP contribution in [-0.4, -0.2) is 36.8 Å². The molecule has 3 aromatic carbocycles. The summed E-state index contributed by atoms with van der Waals surface area (Å²) < 4.78 is 82.9. The van der Waals surface area contributed by atoms with Crippen molar-refractivity contribution < 1.29 is 35.6 Å². The highest BCUT2D eigenvalue weighted by molar-refractivity contribution is 7.92. The third-order valence-electron chi connectivity index (χ3n) is 6.21. The van der Waals surface area contributed by atoms with Crippen molar-refractivity contribution in [3.63, 3.8) is 0 Å². The zero-order valence-corrected chi connectivity index (χ0v) is 22.9. The highest BCUT2D eigenvalue weighted by Crippen LogP contribution is 2.31. The molecule has 216 valence electrons. The number of sulfonamides is 1. The first kappa shape index (κ1) is 29.5. The van der Waals surface area contributed by atoms with Crippen LogP contribution in [0, 0.1) is 5.82 Å². The van der Waals surface area contributed by atoms with E-state index in [2.05, 4.69) is 10.3 Å². The lowest BCUT2D eigenvalue weighted by Crippen LogP contribution is -2.22. The molecule has 0 fully saturated rings. The summed E-state index contributed by atoms with van der Waals surface area (Å²) in [6.07, 6.45) is -4.09. The van der Waals surface area contributed by atoms with Crippen molar-refractivity contribution in [2.75, 3.05) is 22.0 Å². The van der Waals surface area contributed by atoms with Gasteiger partial charge in [0.05, 0.1) is 27.2 Å². The predicted molar refractivity (Wildman–Crippen MR) is 146 cm³/mol. The fraction of sp³-hybridized carbons (Fsp3) is 0.222. The number of hydrogen-bond acceptors (Lipinski definition) is 5. The summed E-state index contributed by atoms with van der Waals surface area (Å²) in [4.78, 5) is 30.1. The predicted octanol–water partition coefficient (Wildman–Crippen LogP) is 5.64. The topological polar surface area (TPSA) is 113 Å². The summed E-state index contributed by atoms with van der Waals surface area (Å²) in [6.45, 7) is 3.83. The summed E-state index contributed by atoms with van der Waals surface area (Å²) in [7, 11) is -3.02. The summed E-state index contributed by atoms with van der Waals surface area (Å²) in [5.74, 6) is -1.79. The number of aryl methyl sites for hydroxylation is 1. The number of fused-ring (bicyclic) bond motifs is 1. The summed E-state index contributed by atoms with van der Waals surface area (Å²) in [5, 5.41) is 2.65. The third kappa shape index (κ3) is 6.32. The molecule has 2 N–H and O–H groups in total. The lowest BCUT2D eigenvalue weighted by Gasteiger charge is -2.14. The van der Waals surface area contributed by atoms with Crippen molar-refractivity contribution in [2.24, 2.45) is 0 Å². The van der Waals surface area contributed by atoms with E-state index in [1.54, 1.807) is 29.8 Å². The molecule has 1 aromatic heterocycles. The number of carbonyl (C=O) groups is 2. The van der Waals surface area contributed by atoms with Crippen LogP contribution < -0.4 is 14.9 Å². The van der Waals surface area contributed by atoms with E-state index in [9.17, 15) is 35.6 Å². The number of aromatic nitrogens is 2. The minimum atomic E-state index is -4.78. The zero-order valence-electron chi connectivity index (χ0n) is 22.1. The standard InChI is InChI=1S/C27H25F4N5O4S/c1-4-12-36-24-11-9-19(35(3)16(2)37)15-23(24)32-26(36)33-25(38)17-8-10-21(28)22(13-17)34-41(39,40)20-7-5-6-18(14-20)27(29,30)31/h5-11,13-15,34H,4,12H2,1-3H3,(H,32,33,38). The molecule has 0 saturated heterocycles. The number of hydrogen-bond donors (Lipinski definition) is 2. The molecule has 2 amide bonds. The third-order valence-corrected chi connectivity index (χ3v) is 7.57. The van der Waals surface area contributed by atoms with Crippen LogP contribution >= 0.6 is 0 Å². The Balaban J connectivity index is 1.63. The van der Waals surface area contributed by atoms with Gasteiger partial charge < -0.3 is 9.47 Å². The van der Waals surface area contributed by atoms with Crippen molar-refractivity contribution in [1.29, 1.82) is 0 Å². The molecule has 0 radical (unpaired) electrons. The van der Waals surface area contributed by atoms with Crippen molar-refractivity contribution in [3.05, 3.63) is 77.6 Å². The lowest BCUT2D eigenvalue weighted by atomic mass is 10.2. The van der Waals surface area contributed by atoms with Crippen LogP contribution in [0.15, 0.2) is 65.6 Å². The average Bonchev–Trinajstić information content (AvgIpc) is 3.25. The number of imidazole rings is 1. The van der Waals surface area contributed by atoms with Gasteiger partial charge in [0.25, 0.3) is 15.9 Å². The smallest absolute Gasteiger partial charge is 0.316 e. The van der Waals surface area contributed by atoms with Gasteiger partial charge in [-0.3, -0.25) is 19.6 Å². The van der Waals surface area contributed by atoms with Gasteiger partial charge in [-0.25, -0.2) is 17.8 Å². The van der Waals surface area contributed by atoms with Crippen molar-refractivity contribution in [3.8, 4) is 0 Å².